The van der Waals surface area contributed by atoms with E-state index in [0.717, 1.165) is 18.2 Å². The minimum atomic E-state index is -5.03. The molecule has 32 heavy (non-hydrogen) atoms. The molecule has 6 nitrogen and oxygen atoms in total. The zero-order chi connectivity index (χ0) is 23.5. The van der Waals surface area contributed by atoms with Crippen LogP contribution in [0.4, 0.5) is 17.6 Å². The van der Waals surface area contributed by atoms with Gasteiger partial charge in [0.15, 0.2) is 11.6 Å². The molecule has 0 saturated heterocycles. The summed E-state index contributed by atoms with van der Waals surface area (Å²) in [6.07, 6.45) is -5.03. The van der Waals surface area contributed by atoms with Crippen molar-refractivity contribution in [2.24, 2.45) is 5.92 Å². The van der Waals surface area contributed by atoms with Crippen molar-refractivity contribution in [3.8, 4) is 17.1 Å². The number of hydrogen-bond acceptors (Lipinski definition) is 4. The van der Waals surface area contributed by atoms with Crippen LogP contribution in [0.25, 0.3) is 11.4 Å². The molecule has 0 spiro atoms. The van der Waals surface area contributed by atoms with E-state index >= 15 is 0 Å². The van der Waals surface area contributed by atoms with Gasteiger partial charge < -0.3 is 15.0 Å². The Hall–Kier alpha value is -3.69. The first kappa shape index (κ1) is 23.0. The number of aromatic nitrogens is 2. The molecule has 1 aromatic heterocycles. The lowest BCUT2D eigenvalue weighted by Crippen LogP contribution is -2.33. The summed E-state index contributed by atoms with van der Waals surface area (Å²) in [4.78, 5) is 31.6. The SMILES string of the molecule is CC(C)[C@@H](NC(=O)c1cc(=O)[nH]c(-c2ccccc2)n1)c1ccc(OC(F)(F)F)c(F)c1. The molecule has 3 aromatic rings. The largest absolute Gasteiger partial charge is 0.573 e. The van der Waals surface area contributed by atoms with Crippen molar-refractivity contribution in [3.63, 3.8) is 0 Å². The predicted octanol–water partition coefficient (Wildman–Crippen LogP) is 4.60. The lowest BCUT2D eigenvalue weighted by molar-refractivity contribution is -0.275. The molecule has 0 aliphatic heterocycles. The predicted molar refractivity (Wildman–Crippen MR) is 108 cm³/mol. The van der Waals surface area contributed by atoms with E-state index in [-0.39, 0.29) is 23.0 Å². The second kappa shape index (κ2) is 9.21. The Labute approximate surface area is 180 Å². The third-order valence-electron chi connectivity index (χ3n) is 4.52. The second-order valence-electron chi connectivity index (χ2n) is 7.28. The Balaban J connectivity index is 1.87. The van der Waals surface area contributed by atoms with Crippen molar-refractivity contribution in [3.05, 3.63) is 82.0 Å². The van der Waals surface area contributed by atoms with Crippen LogP contribution < -0.4 is 15.6 Å². The molecule has 0 aliphatic carbocycles. The number of aromatic amines is 1. The van der Waals surface area contributed by atoms with Gasteiger partial charge in [-0.15, -0.1) is 13.2 Å². The highest BCUT2D eigenvalue weighted by Gasteiger charge is 2.32. The molecule has 1 heterocycles. The highest BCUT2D eigenvalue weighted by molar-refractivity contribution is 5.92. The molecule has 10 heteroatoms. The summed E-state index contributed by atoms with van der Waals surface area (Å²) in [6.45, 7) is 3.48. The van der Waals surface area contributed by atoms with Crippen LogP contribution in [-0.4, -0.2) is 22.2 Å². The fourth-order valence-corrected chi connectivity index (χ4v) is 3.07. The third-order valence-corrected chi connectivity index (χ3v) is 4.52. The molecule has 0 radical (unpaired) electrons. The monoisotopic (exact) mass is 449 g/mol. The van der Waals surface area contributed by atoms with Crippen LogP contribution in [0.3, 0.4) is 0 Å². The van der Waals surface area contributed by atoms with Gasteiger partial charge in [0, 0.05) is 11.6 Å². The van der Waals surface area contributed by atoms with Crippen molar-refractivity contribution in [2.45, 2.75) is 26.3 Å². The van der Waals surface area contributed by atoms with Crippen molar-refractivity contribution in [2.75, 3.05) is 0 Å². The van der Waals surface area contributed by atoms with E-state index in [1.807, 2.05) is 0 Å². The molecule has 168 valence electrons. The number of alkyl halides is 3. The van der Waals surface area contributed by atoms with Gasteiger partial charge in [-0.1, -0.05) is 50.2 Å². The summed E-state index contributed by atoms with van der Waals surface area (Å²) < 4.78 is 54.9. The number of amides is 1. The van der Waals surface area contributed by atoms with E-state index in [9.17, 15) is 27.2 Å². The topological polar surface area (TPSA) is 84.1 Å². The average molecular weight is 449 g/mol. The van der Waals surface area contributed by atoms with E-state index < -0.39 is 35.4 Å². The summed E-state index contributed by atoms with van der Waals surface area (Å²) in [5.41, 5.74) is 0.135. The standard InChI is InChI=1S/C22H19F4N3O3/c1-12(2)19(14-8-9-17(15(23)10-14)32-22(24,25)26)29-21(31)16-11-18(30)28-20(27-16)13-6-4-3-5-7-13/h3-12,19H,1-2H3,(H,29,31)(H,27,28,30)/t19-/m1/s1. The fourth-order valence-electron chi connectivity index (χ4n) is 3.07. The lowest BCUT2D eigenvalue weighted by Gasteiger charge is -2.23. The molecule has 1 amide bonds. The number of nitrogens with one attached hydrogen (secondary N) is 2. The van der Waals surface area contributed by atoms with Gasteiger partial charge in [0.05, 0.1) is 6.04 Å². The number of halogens is 4. The molecule has 0 fully saturated rings. The van der Waals surface area contributed by atoms with E-state index in [4.69, 9.17) is 0 Å². The number of benzene rings is 2. The Morgan fingerprint density at radius 3 is 2.38 bits per heavy atom. The summed E-state index contributed by atoms with van der Waals surface area (Å²) in [6, 6.07) is 11.9. The Morgan fingerprint density at radius 1 is 1.09 bits per heavy atom. The number of carbonyl (C=O) groups is 1. The third kappa shape index (κ3) is 5.71. The zero-order valence-electron chi connectivity index (χ0n) is 17.0. The van der Waals surface area contributed by atoms with Gasteiger partial charge in [-0.3, -0.25) is 9.59 Å². The first-order valence-corrected chi connectivity index (χ1v) is 9.56. The molecule has 0 saturated carbocycles. The van der Waals surface area contributed by atoms with Crippen LogP contribution >= 0.6 is 0 Å². The van der Waals surface area contributed by atoms with E-state index in [1.165, 1.54) is 6.07 Å². The number of rotatable bonds is 6. The molecule has 1 atom stereocenters. The van der Waals surface area contributed by atoms with Crippen LogP contribution in [0.5, 0.6) is 5.75 Å². The van der Waals surface area contributed by atoms with Crippen LogP contribution in [0.15, 0.2) is 59.4 Å². The number of nitrogens with zero attached hydrogens (tertiary/aromatic N) is 1. The zero-order valence-corrected chi connectivity index (χ0v) is 17.0. The number of carbonyl (C=O) groups excluding carboxylic acids is 1. The Kier molecular flexibility index (Phi) is 6.61. The van der Waals surface area contributed by atoms with E-state index in [0.29, 0.717) is 5.56 Å². The molecule has 0 bridgehead atoms. The second-order valence-corrected chi connectivity index (χ2v) is 7.28. The van der Waals surface area contributed by atoms with Gasteiger partial charge in [-0.05, 0) is 23.6 Å². The number of ether oxygens (including phenoxy) is 1. The molecule has 3 rings (SSSR count). The van der Waals surface area contributed by atoms with Crippen LogP contribution in [0.1, 0.15) is 35.9 Å². The molecule has 0 unspecified atom stereocenters. The fraction of sp³-hybridized carbons (Fsp3) is 0.227. The van der Waals surface area contributed by atoms with Gasteiger partial charge in [-0.25, -0.2) is 9.37 Å². The quantitative estimate of drug-likeness (QED) is 0.539. The molecule has 2 aromatic carbocycles. The van der Waals surface area contributed by atoms with Crippen molar-refractivity contribution < 1.29 is 27.1 Å². The molecular formula is C22H19F4N3O3. The summed E-state index contributed by atoms with van der Waals surface area (Å²) in [5.74, 6) is -2.95. The number of H-pyrrole nitrogens is 1. The highest BCUT2D eigenvalue weighted by atomic mass is 19.4. The summed E-state index contributed by atoms with van der Waals surface area (Å²) in [7, 11) is 0. The lowest BCUT2D eigenvalue weighted by atomic mass is 9.95. The van der Waals surface area contributed by atoms with Crippen molar-refractivity contribution in [1.82, 2.24) is 15.3 Å². The van der Waals surface area contributed by atoms with Gasteiger partial charge in [0.25, 0.3) is 11.5 Å². The van der Waals surface area contributed by atoms with Gasteiger partial charge in [0.1, 0.15) is 11.5 Å². The minimum absolute atomic E-state index is 0.157. The molecule has 2 N–H and O–H groups in total. The average Bonchev–Trinajstić information content (AvgIpc) is 2.72. The first-order chi connectivity index (χ1) is 15.0. The highest BCUT2D eigenvalue weighted by Crippen LogP contribution is 2.30. The molecular weight excluding hydrogens is 430 g/mol. The van der Waals surface area contributed by atoms with Gasteiger partial charge in [0.2, 0.25) is 0 Å². The van der Waals surface area contributed by atoms with Crippen LogP contribution in [0.2, 0.25) is 0 Å². The van der Waals surface area contributed by atoms with Gasteiger partial charge in [-0.2, -0.15) is 0 Å². The van der Waals surface area contributed by atoms with E-state index in [1.54, 1.807) is 44.2 Å². The Bertz CT molecular complexity index is 1160. The van der Waals surface area contributed by atoms with Gasteiger partial charge >= 0.3 is 6.36 Å². The van der Waals surface area contributed by atoms with Crippen LogP contribution in [0, 0.1) is 11.7 Å². The van der Waals surface area contributed by atoms with Crippen LogP contribution in [-0.2, 0) is 0 Å². The van der Waals surface area contributed by atoms with E-state index in [2.05, 4.69) is 20.0 Å². The molecule has 0 aliphatic rings. The first-order valence-electron chi connectivity index (χ1n) is 9.56. The summed E-state index contributed by atoms with van der Waals surface area (Å²) in [5, 5.41) is 2.67. The maximum atomic E-state index is 14.2. The maximum absolute atomic E-state index is 14.2. The maximum Gasteiger partial charge on any atom is 0.573 e. The normalized spacial score (nSPS) is 12.5. The van der Waals surface area contributed by atoms with Crippen molar-refractivity contribution >= 4 is 5.91 Å². The van der Waals surface area contributed by atoms with Crippen molar-refractivity contribution in [1.29, 1.82) is 0 Å². The summed E-state index contributed by atoms with van der Waals surface area (Å²) >= 11 is 0. The smallest absolute Gasteiger partial charge is 0.403 e. The minimum Gasteiger partial charge on any atom is -0.403 e. The number of hydrogen-bond donors (Lipinski definition) is 2. The Morgan fingerprint density at radius 2 is 1.78 bits per heavy atom.